The van der Waals surface area contributed by atoms with Gasteiger partial charge in [-0.3, -0.25) is 9.69 Å². The van der Waals surface area contributed by atoms with Gasteiger partial charge in [-0.1, -0.05) is 55.5 Å². The molecule has 1 aliphatic rings. The smallest absolute Gasteiger partial charge is 0.341 e. The maximum atomic E-state index is 12.4. The summed E-state index contributed by atoms with van der Waals surface area (Å²) in [6, 6.07) is 4.90. The first-order valence-electron chi connectivity index (χ1n) is 7.17. The van der Waals surface area contributed by atoms with Crippen LogP contribution in [0.25, 0.3) is 6.08 Å². The highest BCUT2D eigenvalue weighted by Crippen LogP contribution is 2.34. The van der Waals surface area contributed by atoms with Gasteiger partial charge >= 0.3 is 5.97 Å². The molecule has 1 aromatic rings. The molecule has 0 spiro atoms. The van der Waals surface area contributed by atoms with Crippen molar-refractivity contribution < 1.29 is 19.4 Å². The lowest BCUT2D eigenvalue weighted by Crippen LogP contribution is -2.31. The van der Waals surface area contributed by atoms with Crippen LogP contribution in [-0.4, -0.2) is 39.4 Å². The van der Waals surface area contributed by atoms with E-state index in [1.165, 1.54) is 11.8 Å². The fourth-order valence-corrected chi connectivity index (χ4v) is 3.56. The number of carboxylic acids is 1. The van der Waals surface area contributed by atoms with Gasteiger partial charge in [-0.25, -0.2) is 4.79 Å². The fraction of sp³-hybridized carbons (Fsp3) is 0.312. The van der Waals surface area contributed by atoms with Crippen LogP contribution < -0.4 is 4.74 Å². The number of thioether (sulfide) groups is 1. The van der Waals surface area contributed by atoms with Gasteiger partial charge in [-0.2, -0.15) is 0 Å². The van der Waals surface area contributed by atoms with E-state index in [-0.39, 0.29) is 16.7 Å². The van der Waals surface area contributed by atoms with E-state index in [0.29, 0.717) is 27.3 Å². The summed E-state index contributed by atoms with van der Waals surface area (Å²) in [5, 5.41) is 8.90. The molecule has 5 nitrogen and oxygen atoms in total. The van der Waals surface area contributed by atoms with E-state index in [4.69, 9.17) is 33.7 Å². The molecule has 1 N–H and O–H groups in total. The second-order valence-electron chi connectivity index (χ2n) is 5.56. The van der Waals surface area contributed by atoms with Crippen LogP contribution >= 0.6 is 35.6 Å². The molecular weight excluding hydrogens is 370 g/mol. The lowest BCUT2D eigenvalue weighted by Gasteiger charge is -2.16. The van der Waals surface area contributed by atoms with Gasteiger partial charge in [0, 0.05) is 6.54 Å². The van der Waals surface area contributed by atoms with Gasteiger partial charge in [0.05, 0.1) is 9.93 Å². The van der Waals surface area contributed by atoms with Crippen LogP contribution in [0.1, 0.15) is 19.4 Å². The molecule has 1 fully saturated rings. The van der Waals surface area contributed by atoms with Crippen LogP contribution in [0.2, 0.25) is 5.02 Å². The van der Waals surface area contributed by atoms with E-state index in [2.05, 4.69) is 0 Å². The largest absolute Gasteiger partial charge is 0.480 e. The SMILES string of the molecule is CC(C)CN1C(=O)C(=Cc2ccc(OCC(=O)O)c(Cl)c2)SC1=S. The second-order valence-corrected chi connectivity index (χ2v) is 7.64. The minimum atomic E-state index is -1.08. The van der Waals surface area contributed by atoms with E-state index < -0.39 is 12.6 Å². The number of thiocarbonyl (C=S) groups is 1. The molecule has 0 bridgehead atoms. The normalized spacial score (nSPS) is 16.3. The van der Waals surface area contributed by atoms with Crippen molar-refractivity contribution in [1.82, 2.24) is 4.90 Å². The molecule has 1 heterocycles. The summed E-state index contributed by atoms with van der Waals surface area (Å²) >= 11 is 12.6. The molecule has 0 unspecified atom stereocenters. The molecule has 0 saturated carbocycles. The van der Waals surface area contributed by atoms with Crippen molar-refractivity contribution in [2.45, 2.75) is 13.8 Å². The van der Waals surface area contributed by atoms with Gasteiger partial charge in [0.2, 0.25) is 0 Å². The highest BCUT2D eigenvalue weighted by Gasteiger charge is 2.32. The molecule has 1 aromatic carbocycles. The molecule has 0 atom stereocenters. The average molecular weight is 386 g/mol. The summed E-state index contributed by atoms with van der Waals surface area (Å²) in [6.45, 7) is 4.17. The number of benzene rings is 1. The van der Waals surface area contributed by atoms with E-state index in [1.807, 2.05) is 13.8 Å². The summed E-state index contributed by atoms with van der Waals surface area (Å²) in [4.78, 5) is 25.1. The van der Waals surface area contributed by atoms with Crippen molar-refractivity contribution in [3.05, 3.63) is 33.7 Å². The van der Waals surface area contributed by atoms with Crippen LogP contribution in [0.15, 0.2) is 23.1 Å². The van der Waals surface area contributed by atoms with Crippen LogP contribution in [0, 0.1) is 5.92 Å². The molecule has 8 heteroatoms. The lowest BCUT2D eigenvalue weighted by atomic mass is 10.2. The number of nitrogens with zero attached hydrogens (tertiary/aromatic N) is 1. The zero-order valence-corrected chi connectivity index (χ0v) is 15.5. The summed E-state index contributed by atoms with van der Waals surface area (Å²) in [5.74, 6) is -0.583. The van der Waals surface area contributed by atoms with Gasteiger partial charge in [0.15, 0.2) is 6.61 Å². The third-order valence-electron chi connectivity index (χ3n) is 3.03. The van der Waals surface area contributed by atoms with Crippen molar-refractivity contribution in [3.63, 3.8) is 0 Å². The Morgan fingerprint density at radius 1 is 1.50 bits per heavy atom. The topological polar surface area (TPSA) is 66.8 Å². The van der Waals surface area contributed by atoms with Gasteiger partial charge < -0.3 is 9.84 Å². The number of hydrogen-bond donors (Lipinski definition) is 1. The number of hydrogen-bond acceptors (Lipinski definition) is 5. The fourth-order valence-electron chi connectivity index (χ4n) is 2.04. The molecule has 1 amide bonds. The zero-order chi connectivity index (χ0) is 17.9. The Labute approximate surface area is 154 Å². The number of ether oxygens (including phenoxy) is 1. The molecule has 24 heavy (non-hydrogen) atoms. The predicted molar refractivity (Wildman–Crippen MR) is 99.3 cm³/mol. The first-order valence-corrected chi connectivity index (χ1v) is 8.77. The number of carboxylic acid groups (broad SMARTS) is 1. The van der Waals surface area contributed by atoms with Crippen molar-refractivity contribution in [2.75, 3.05) is 13.2 Å². The second kappa shape index (κ2) is 8.00. The van der Waals surface area contributed by atoms with Gasteiger partial charge in [-0.05, 0) is 29.7 Å². The predicted octanol–water partition coefficient (Wildman–Crippen LogP) is 3.66. The molecule has 2 rings (SSSR count). The van der Waals surface area contributed by atoms with E-state index >= 15 is 0 Å². The van der Waals surface area contributed by atoms with Gasteiger partial charge in [0.25, 0.3) is 5.91 Å². The first kappa shape index (κ1) is 18.8. The standard InChI is InChI=1S/C16H16ClNO4S2/c1-9(2)7-18-15(21)13(24-16(18)23)6-10-3-4-12(11(17)5-10)22-8-14(19)20/h3-6,9H,7-8H2,1-2H3,(H,19,20). The molecule has 1 saturated heterocycles. The Kier molecular flexibility index (Phi) is 6.26. The highest BCUT2D eigenvalue weighted by atomic mass is 35.5. The monoisotopic (exact) mass is 385 g/mol. The van der Waals surface area contributed by atoms with E-state index in [0.717, 1.165) is 0 Å². The van der Waals surface area contributed by atoms with Crippen molar-refractivity contribution in [2.24, 2.45) is 5.92 Å². The third-order valence-corrected chi connectivity index (χ3v) is 4.70. The third kappa shape index (κ3) is 4.72. The van der Waals surface area contributed by atoms with Crippen molar-refractivity contribution in [3.8, 4) is 5.75 Å². The molecule has 1 aliphatic heterocycles. The van der Waals surface area contributed by atoms with E-state index in [9.17, 15) is 9.59 Å². The van der Waals surface area contributed by atoms with Crippen LogP contribution in [0.3, 0.4) is 0 Å². The lowest BCUT2D eigenvalue weighted by molar-refractivity contribution is -0.139. The summed E-state index contributed by atoms with van der Waals surface area (Å²) in [7, 11) is 0. The van der Waals surface area contributed by atoms with Crippen molar-refractivity contribution >= 4 is 57.9 Å². The zero-order valence-electron chi connectivity index (χ0n) is 13.1. The molecule has 0 radical (unpaired) electrons. The Hall–Kier alpha value is -1.57. The van der Waals surface area contributed by atoms with Gasteiger partial charge in [0.1, 0.15) is 10.1 Å². The molecular formula is C16H16ClNO4S2. The summed E-state index contributed by atoms with van der Waals surface area (Å²) < 4.78 is 5.62. The average Bonchev–Trinajstić information content (AvgIpc) is 2.73. The maximum Gasteiger partial charge on any atom is 0.341 e. The maximum absolute atomic E-state index is 12.4. The Bertz CT molecular complexity index is 718. The first-order chi connectivity index (χ1) is 11.3. The highest BCUT2D eigenvalue weighted by molar-refractivity contribution is 8.26. The van der Waals surface area contributed by atoms with Crippen LogP contribution in [0.5, 0.6) is 5.75 Å². The van der Waals surface area contributed by atoms with Gasteiger partial charge in [-0.15, -0.1) is 0 Å². The number of carbonyl (C=O) groups is 2. The summed E-state index contributed by atoms with van der Waals surface area (Å²) in [5.41, 5.74) is 0.715. The number of amides is 1. The van der Waals surface area contributed by atoms with Crippen molar-refractivity contribution in [1.29, 1.82) is 0 Å². The molecule has 0 aliphatic carbocycles. The van der Waals surface area contributed by atoms with E-state index in [1.54, 1.807) is 29.2 Å². The summed E-state index contributed by atoms with van der Waals surface area (Å²) in [6.07, 6.45) is 1.71. The number of halogens is 1. The molecule has 128 valence electrons. The molecule has 0 aromatic heterocycles. The Morgan fingerprint density at radius 3 is 2.79 bits per heavy atom. The Balaban J connectivity index is 2.16. The number of aliphatic carboxylic acids is 1. The number of rotatable bonds is 6. The van der Waals surface area contributed by atoms with Crippen LogP contribution in [0.4, 0.5) is 0 Å². The quantitative estimate of drug-likeness (QED) is 0.595. The number of carbonyl (C=O) groups excluding carboxylic acids is 1. The minimum Gasteiger partial charge on any atom is -0.480 e. The van der Waals surface area contributed by atoms with Crippen LogP contribution in [-0.2, 0) is 9.59 Å². The minimum absolute atomic E-state index is 0.110. The Morgan fingerprint density at radius 2 is 2.21 bits per heavy atom.